The summed E-state index contributed by atoms with van der Waals surface area (Å²) in [6.07, 6.45) is 1.02. The molecule has 6 heteroatoms. The van der Waals surface area contributed by atoms with Crippen molar-refractivity contribution in [3.8, 4) is 0 Å². The third-order valence-corrected chi connectivity index (χ3v) is 3.77. The third-order valence-electron chi connectivity index (χ3n) is 3.01. The quantitative estimate of drug-likeness (QED) is 0.809. The smallest absolute Gasteiger partial charge is 0.414 e. The summed E-state index contributed by atoms with van der Waals surface area (Å²) in [5.41, 5.74) is 0.863. The molecule has 1 aromatic rings. The first kappa shape index (κ1) is 15.0. The van der Waals surface area contributed by atoms with Crippen LogP contribution in [0.2, 0.25) is 0 Å². The molecule has 1 heterocycles. The average molecular weight is 297 g/mol. The average Bonchev–Trinajstić information content (AvgIpc) is 2.35. The number of anilines is 1. The molecule has 0 saturated carbocycles. The van der Waals surface area contributed by atoms with Gasteiger partial charge in [0.1, 0.15) is 5.60 Å². The highest BCUT2D eigenvalue weighted by Crippen LogP contribution is 2.32. The first-order valence-electron chi connectivity index (χ1n) is 6.53. The molecule has 1 aliphatic rings. The molecule has 1 aromatic carbocycles. The lowest BCUT2D eigenvalue weighted by Gasteiger charge is -2.32. The second kappa shape index (κ2) is 5.54. The Morgan fingerprint density at radius 2 is 2.10 bits per heavy atom. The molecule has 1 unspecified atom stereocenters. The van der Waals surface area contributed by atoms with Crippen molar-refractivity contribution < 1.29 is 18.3 Å². The molecule has 0 aliphatic carbocycles. The Labute approximate surface area is 121 Å². The minimum absolute atomic E-state index is 0.371. The fraction of sp³-hybridized carbons (Fsp3) is 0.500. The van der Waals surface area contributed by atoms with Gasteiger partial charge < -0.3 is 9.29 Å². The van der Waals surface area contributed by atoms with Crippen LogP contribution in [0.15, 0.2) is 23.1 Å². The van der Waals surface area contributed by atoms with Gasteiger partial charge in [-0.15, -0.1) is 0 Å². The molecule has 5 nitrogen and oxygen atoms in total. The molecule has 0 bridgehead atoms. The van der Waals surface area contributed by atoms with Crippen LogP contribution in [0.3, 0.4) is 0 Å². The molecule has 110 valence electrons. The first-order chi connectivity index (χ1) is 9.29. The minimum atomic E-state index is -2.04. The van der Waals surface area contributed by atoms with Crippen molar-refractivity contribution >= 4 is 22.9 Å². The zero-order valence-electron chi connectivity index (χ0n) is 11.9. The molecule has 0 radical (unpaired) electrons. The maximum atomic E-state index is 12.2. The Morgan fingerprint density at radius 3 is 2.70 bits per heavy atom. The van der Waals surface area contributed by atoms with Crippen LogP contribution in [0.5, 0.6) is 0 Å². The Hall–Kier alpha value is -1.40. The number of nitrogens with zero attached hydrogens (tertiary/aromatic N) is 1. The van der Waals surface area contributed by atoms with Gasteiger partial charge in [-0.25, -0.2) is 9.00 Å². The van der Waals surface area contributed by atoms with E-state index in [1.165, 1.54) is 0 Å². The summed E-state index contributed by atoms with van der Waals surface area (Å²) in [6, 6.07) is 5.09. The second-order valence-electron chi connectivity index (χ2n) is 5.74. The maximum absolute atomic E-state index is 12.2. The summed E-state index contributed by atoms with van der Waals surface area (Å²) in [7, 11) is 0. The number of amides is 1. The van der Waals surface area contributed by atoms with E-state index in [0.717, 1.165) is 12.0 Å². The van der Waals surface area contributed by atoms with E-state index in [2.05, 4.69) is 0 Å². The lowest BCUT2D eigenvalue weighted by atomic mass is 10.0. The summed E-state index contributed by atoms with van der Waals surface area (Å²) >= 11 is -2.04. The van der Waals surface area contributed by atoms with Gasteiger partial charge >= 0.3 is 6.09 Å². The van der Waals surface area contributed by atoms with Gasteiger partial charge in [0, 0.05) is 6.54 Å². The minimum Gasteiger partial charge on any atom is -0.443 e. The van der Waals surface area contributed by atoms with Crippen LogP contribution in [0, 0.1) is 0 Å². The van der Waals surface area contributed by atoms with E-state index in [4.69, 9.17) is 4.74 Å². The number of hydrogen-bond donors (Lipinski definition) is 1. The van der Waals surface area contributed by atoms with E-state index in [-0.39, 0.29) is 0 Å². The van der Waals surface area contributed by atoms with Gasteiger partial charge in [-0.3, -0.25) is 4.90 Å². The van der Waals surface area contributed by atoms with Gasteiger partial charge in [-0.05, 0) is 51.3 Å². The normalized spacial score (nSPS) is 16.5. The number of fused-ring (bicyclic) bond motifs is 1. The summed E-state index contributed by atoms with van der Waals surface area (Å²) < 4.78 is 26.1. The van der Waals surface area contributed by atoms with Crippen LogP contribution in [0.1, 0.15) is 32.8 Å². The zero-order valence-corrected chi connectivity index (χ0v) is 12.7. The van der Waals surface area contributed by atoms with Crippen LogP contribution in [-0.4, -0.2) is 27.0 Å². The predicted molar refractivity (Wildman–Crippen MR) is 77.4 cm³/mol. The summed E-state index contributed by atoms with van der Waals surface area (Å²) in [6.45, 7) is 6.00. The SMILES string of the molecule is CC(C)(C)OC(=O)N1CCCc2c1cccc2S(=O)O. The molecule has 0 fully saturated rings. The molecule has 0 saturated heterocycles. The van der Waals surface area contributed by atoms with Crippen LogP contribution < -0.4 is 4.90 Å². The molecular weight excluding hydrogens is 278 g/mol. The van der Waals surface area contributed by atoms with Crippen molar-refractivity contribution in [2.45, 2.75) is 44.1 Å². The van der Waals surface area contributed by atoms with Gasteiger partial charge in [0.25, 0.3) is 0 Å². The van der Waals surface area contributed by atoms with Crippen molar-refractivity contribution in [1.82, 2.24) is 0 Å². The van der Waals surface area contributed by atoms with Crippen molar-refractivity contribution in [2.75, 3.05) is 11.4 Å². The van der Waals surface area contributed by atoms with E-state index in [0.29, 0.717) is 23.5 Å². The van der Waals surface area contributed by atoms with Crippen molar-refractivity contribution in [3.05, 3.63) is 23.8 Å². The number of ether oxygens (including phenoxy) is 1. The van der Waals surface area contributed by atoms with Gasteiger partial charge in [-0.2, -0.15) is 0 Å². The number of hydrogen-bond acceptors (Lipinski definition) is 3. The van der Waals surface area contributed by atoms with Crippen LogP contribution in [0.25, 0.3) is 0 Å². The fourth-order valence-corrected chi connectivity index (χ4v) is 2.88. The summed E-state index contributed by atoms with van der Waals surface area (Å²) in [5.74, 6) is 0. The molecule has 0 spiro atoms. The van der Waals surface area contributed by atoms with Gasteiger partial charge in [0.2, 0.25) is 0 Å². The molecular formula is C14H19NO4S. The second-order valence-corrected chi connectivity index (χ2v) is 6.68. The molecule has 1 atom stereocenters. The first-order valence-corrected chi connectivity index (χ1v) is 7.63. The number of rotatable bonds is 1. The van der Waals surface area contributed by atoms with Crippen molar-refractivity contribution in [3.63, 3.8) is 0 Å². The Balaban J connectivity index is 2.36. The monoisotopic (exact) mass is 297 g/mol. The van der Waals surface area contributed by atoms with E-state index < -0.39 is 22.8 Å². The summed E-state index contributed by atoms with van der Waals surface area (Å²) in [5, 5.41) is 0. The lowest BCUT2D eigenvalue weighted by Crippen LogP contribution is -2.40. The number of carbonyl (C=O) groups excluding carboxylic acids is 1. The van der Waals surface area contributed by atoms with Gasteiger partial charge in [-0.1, -0.05) is 6.07 Å². The Morgan fingerprint density at radius 1 is 1.40 bits per heavy atom. The highest BCUT2D eigenvalue weighted by atomic mass is 32.2. The fourth-order valence-electron chi connectivity index (χ4n) is 2.26. The van der Waals surface area contributed by atoms with Crippen LogP contribution >= 0.6 is 0 Å². The van der Waals surface area contributed by atoms with E-state index in [1.807, 2.05) is 20.8 Å². The Bertz CT molecular complexity index is 551. The molecule has 2 rings (SSSR count). The molecule has 1 N–H and O–H groups in total. The predicted octanol–water partition coefficient (Wildman–Crippen LogP) is 2.95. The summed E-state index contributed by atoms with van der Waals surface area (Å²) in [4.78, 5) is 14.1. The van der Waals surface area contributed by atoms with Gasteiger partial charge in [0.05, 0.1) is 10.6 Å². The Kier molecular flexibility index (Phi) is 4.15. The molecule has 1 aliphatic heterocycles. The topological polar surface area (TPSA) is 66.8 Å². The largest absolute Gasteiger partial charge is 0.443 e. The van der Waals surface area contributed by atoms with E-state index >= 15 is 0 Å². The van der Waals surface area contributed by atoms with Crippen molar-refractivity contribution in [1.29, 1.82) is 0 Å². The molecule has 1 amide bonds. The number of carbonyl (C=O) groups is 1. The highest BCUT2D eigenvalue weighted by molar-refractivity contribution is 7.79. The van der Waals surface area contributed by atoms with Crippen LogP contribution in [-0.2, 0) is 22.2 Å². The van der Waals surface area contributed by atoms with E-state index in [1.54, 1.807) is 23.1 Å². The van der Waals surface area contributed by atoms with Crippen molar-refractivity contribution in [2.24, 2.45) is 0 Å². The number of benzene rings is 1. The zero-order chi connectivity index (χ0) is 14.9. The third kappa shape index (κ3) is 3.19. The highest BCUT2D eigenvalue weighted by Gasteiger charge is 2.28. The lowest BCUT2D eigenvalue weighted by molar-refractivity contribution is 0.0577. The molecule has 20 heavy (non-hydrogen) atoms. The maximum Gasteiger partial charge on any atom is 0.414 e. The van der Waals surface area contributed by atoms with Crippen LogP contribution in [0.4, 0.5) is 10.5 Å². The van der Waals surface area contributed by atoms with E-state index in [9.17, 15) is 13.6 Å². The standard InChI is InChI=1S/C14H19NO4S/c1-14(2,3)19-13(16)15-9-5-6-10-11(15)7-4-8-12(10)20(17)18/h4,7-8H,5-6,9H2,1-3H3,(H,17,18). The molecule has 0 aromatic heterocycles. The van der Waals surface area contributed by atoms with Gasteiger partial charge in [0.15, 0.2) is 11.1 Å².